The Hall–Kier alpha value is -1.59. The summed E-state index contributed by atoms with van der Waals surface area (Å²) in [6.07, 6.45) is 3.22. The smallest absolute Gasteiger partial charge is 0.264 e. The Bertz CT molecular complexity index is 611. The molecule has 0 saturated heterocycles. The van der Waals surface area contributed by atoms with Gasteiger partial charge in [0.15, 0.2) is 12.4 Å². The highest BCUT2D eigenvalue weighted by molar-refractivity contribution is 6.31. The molecule has 0 aliphatic heterocycles. The highest BCUT2D eigenvalue weighted by atomic mass is 35.5. The first-order valence-electron chi connectivity index (χ1n) is 7.21. The lowest BCUT2D eigenvalue weighted by molar-refractivity contribution is 0.240. The normalized spacial score (nSPS) is 14.4. The van der Waals surface area contributed by atoms with Crippen LogP contribution in [0.5, 0.6) is 5.75 Å². The lowest BCUT2D eigenvalue weighted by atomic mass is 10.2. The predicted molar refractivity (Wildman–Crippen MR) is 79.3 cm³/mol. The first-order valence-corrected chi connectivity index (χ1v) is 7.59. The first-order chi connectivity index (χ1) is 10.3. The van der Waals surface area contributed by atoms with Gasteiger partial charge in [-0.15, -0.1) is 0 Å². The summed E-state index contributed by atoms with van der Waals surface area (Å²) in [5, 5.41) is 8.01. The van der Waals surface area contributed by atoms with E-state index in [0.717, 1.165) is 17.7 Å². The second-order valence-corrected chi connectivity index (χ2v) is 5.53. The van der Waals surface area contributed by atoms with E-state index in [1.165, 1.54) is 12.8 Å². The molecule has 21 heavy (non-hydrogen) atoms. The molecule has 1 N–H and O–H groups in total. The zero-order chi connectivity index (χ0) is 14.7. The van der Waals surface area contributed by atoms with Crippen LogP contribution in [0.1, 0.15) is 37.0 Å². The van der Waals surface area contributed by atoms with Crippen molar-refractivity contribution in [3.63, 3.8) is 0 Å². The number of hydrogen-bond donors (Lipinski definition) is 1. The number of halogens is 1. The van der Waals surface area contributed by atoms with Gasteiger partial charge in [-0.25, -0.2) is 0 Å². The maximum absolute atomic E-state index is 6.27. The minimum atomic E-state index is 0.254. The highest BCUT2D eigenvalue weighted by Crippen LogP contribution is 2.28. The molecule has 1 aromatic carbocycles. The second-order valence-electron chi connectivity index (χ2n) is 5.12. The Morgan fingerprint density at radius 1 is 1.43 bits per heavy atom. The summed E-state index contributed by atoms with van der Waals surface area (Å²) in [6, 6.07) is 6.29. The van der Waals surface area contributed by atoms with Crippen molar-refractivity contribution in [3.05, 3.63) is 40.5 Å². The quantitative estimate of drug-likeness (QED) is 0.851. The van der Waals surface area contributed by atoms with Crippen LogP contribution in [-0.4, -0.2) is 16.2 Å². The zero-order valence-corrected chi connectivity index (χ0v) is 12.7. The SMILES string of the molecule is CCc1noc(COc2cccc(Cl)c2CNC2CC2)n1. The fourth-order valence-corrected chi connectivity index (χ4v) is 2.24. The van der Waals surface area contributed by atoms with Gasteiger partial charge < -0.3 is 14.6 Å². The van der Waals surface area contributed by atoms with Crippen molar-refractivity contribution < 1.29 is 9.26 Å². The van der Waals surface area contributed by atoms with Gasteiger partial charge >= 0.3 is 0 Å². The van der Waals surface area contributed by atoms with Crippen LogP contribution in [0.15, 0.2) is 22.7 Å². The van der Waals surface area contributed by atoms with Crippen molar-refractivity contribution in [1.82, 2.24) is 15.5 Å². The van der Waals surface area contributed by atoms with Crippen molar-refractivity contribution in [1.29, 1.82) is 0 Å². The summed E-state index contributed by atoms with van der Waals surface area (Å²) >= 11 is 6.27. The van der Waals surface area contributed by atoms with Crippen LogP contribution in [0.3, 0.4) is 0 Å². The fourth-order valence-electron chi connectivity index (χ4n) is 2.01. The Labute approximate surface area is 128 Å². The van der Waals surface area contributed by atoms with E-state index >= 15 is 0 Å². The summed E-state index contributed by atoms with van der Waals surface area (Å²) in [5.74, 6) is 1.93. The zero-order valence-electron chi connectivity index (χ0n) is 11.9. The van der Waals surface area contributed by atoms with Gasteiger partial charge in [0, 0.05) is 29.6 Å². The first kappa shape index (κ1) is 14.4. The molecule has 0 bridgehead atoms. The molecule has 112 valence electrons. The standard InChI is InChI=1S/C15H18ClN3O2/c1-2-14-18-15(21-19-14)9-20-13-5-3-4-12(16)11(13)8-17-10-6-7-10/h3-5,10,17H,2,6-9H2,1H3. The lowest BCUT2D eigenvalue weighted by Gasteiger charge is -2.12. The number of ether oxygens (including phenoxy) is 1. The molecule has 2 aromatic rings. The number of aryl methyl sites for hydroxylation is 1. The van der Waals surface area contributed by atoms with Gasteiger partial charge in [0.2, 0.25) is 0 Å². The van der Waals surface area contributed by atoms with Gasteiger partial charge in [-0.05, 0) is 25.0 Å². The fraction of sp³-hybridized carbons (Fsp3) is 0.467. The van der Waals surface area contributed by atoms with Gasteiger partial charge in [-0.3, -0.25) is 0 Å². The van der Waals surface area contributed by atoms with Crippen LogP contribution >= 0.6 is 11.6 Å². The topological polar surface area (TPSA) is 60.2 Å². The largest absolute Gasteiger partial charge is 0.483 e. The molecule has 1 fully saturated rings. The minimum absolute atomic E-state index is 0.254. The van der Waals surface area contributed by atoms with Crippen molar-refractivity contribution in [2.24, 2.45) is 0 Å². The number of rotatable bonds is 7. The van der Waals surface area contributed by atoms with E-state index in [0.29, 0.717) is 29.3 Å². The monoisotopic (exact) mass is 307 g/mol. The molecule has 3 rings (SSSR count). The molecule has 1 saturated carbocycles. The van der Waals surface area contributed by atoms with Crippen molar-refractivity contribution in [3.8, 4) is 5.75 Å². The molecule has 0 radical (unpaired) electrons. The van der Waals surface area contributed by atoms with E-state index in [4.69, 9.17) is 20.9 Å². The summed E-state index contributed by atoms with van der Waals surface area (Å²) in [6.45, 7) is 2.95. The number of hydrogen-bond acceptors (Lipinski definition) is 5. The summed E-state index contributed by atoms with van der Waals surface area (Å²) in [7, 11) is 0. The molecule has 0 spiro atoms. The molecule has 0 unspecified atom stereocenters. The van der Waals surface area contributed by atoms with E-state index in [2.05, 4.69) is 15.5 Å². The van der Waals surface area contributed by atoms with Crippen LogP contribution in [-0.2, 0) is 19.6 Å². The maximum atomic E-state index is 6.27. The Morgan fingerprint density at radius 3 is 3.00 bits per heavy atom. The van der Waals surface area contributed by atoms with Crippen LogP contribution < -0.4 is 10.1 Å². The van der Waals surface area contributed by atoms with E-state index in [-0.39, 0.29) is 6.61 Å². The third kappa shape index (κ3) is 3.74. The van der Waals surface area contributed by atoms with Crippen LogP contribution in [0, 0.1) is 0 Å². The Morgan fingerprint density at radius 2 is 2.29 bits per heavy atom. The van der Waals surface area contributed by atoms with E-state index < -0.39 is 0 Å². The second kappa shape index (κ2) is 6.45. The number of benzene rings is 1. The van der Waals surface area contributed by atoms with E-state index in [1.54, 1.807) is 0 Å². The Kier molecular flexibility index (Phi) is 4.41. The van der Waals surface area contributed by atoms with Gasteiger partial charge in [-0.1, -0.05) is 29.7 Å². The van der Waals surface area contributed by atoms with E-state index in [1.807, 2.05) is 25.1 Å². The molecule has 0 amide bonds. The number of aromatic nitrogens is 2. The Balaban J connectivity index is 1.66. The third-order valence-electron chi connectivity index (χ3n) is 3.40. The molecule has 6 heteroatoms. The van der Waals surface area contributed by atoms with Crippen LogP contribution in [0.2, 0.25) is 5.02 Å². The van der Waals surface area contributed by atoms with Crippen LogP contribution in [0.4, 0.5) is 0 Å². The average molecular weight is 308 g/mol. The number of nitrogens with zero attached hydrogens (tertiary/aromatic N) is 2. The van der Waals surface area contributed by atoms with Gasteiger partial charge in [0.05, 0.1) is 0 Å². The molecule has 0 atom stereocenters. The molecular formula is C15H18ClN3O2. The van der Waals surface area contributed by atoms with Crippen molar-refractivity contribution in [2.75, 3.05) is 0 Å². The van der Waals surface area contributed by atoms with Crippen LogP contribution in [0.25, 0.3) is 0 Å². The molecule has 1 aliphatic rings. The average Bonchev–Trinajstić information content (AvgIpc) is 3.20. The van der Waals surface area contributed by atoms with Gasteiger partial charge in [0.25, 0.3) is 5.89 Å². The predicted octanol–water partition coefficient (Wildman–Crippen LogP) is 3.12. The maximum Gasteiger partial charge on any atom is 0.264 e. The van der Waals surface area contributed by atoms with Gasteiger partial charge in [0.1, 0.15) is 5.75 Å². The molecule has 1 heterocycles. The minimum Gasteiger partial charge on any atom is -0.483 e. The summed E-state index contributed by atoms with van der Waals surface area (Å²) in [5.41, 5.74) is 0.973. The van der Waals surface area contributed by atoms with Crippen molar-refractivity contribution >= 4 is 11.6 Å². The summed E-state index contributed by atoms with van der Waals surface area (Å²) in [4.78, 5) is 4.23. The lowest BCUT2D eigenvalue weighted by Crippen LogP contribution is -2.16. The summed E-state index contributed by atoms with van der Waals surface area (Å²) < 4.78 is 10.9. The van der Waals surface area contributed by atoms with Crippen molar-refractivity contribution in [2.45, 2.75) is 45.4 Å². The molecular weight excluding hydrogens is 290 g/mol. The number of nitrogens with one attached hydrogen (secondary N) is 1. The molecule has 1 aromatic heterocycles. The highest BCUT2D eigenvalue weighted by Gasteiger charge is 2.21. The molecule has 1 aliphatic carbocycles. The molecule has 5 nitrogen and oxygen atoms in total. The van der Waals surface area contributed by atoms with E-state index in [9.17, 15) is 0 Å². The van der Waals surface area contributed by atoms with Gasteiger partial charge in [-0.2, -0.15) is 4.98 Å². The third-order valence-corrected chi connectivity index (χ3v) is 3.75.